The van der Waals surface area contributed by atoms with Gasteiger partial charge < -0.3 is 9.47 Å². The van der Waals surface area contributed by atoms with Crippen LogP contribution < -0.4 is 9.47 Å². The zero-order valence-electron chi connectivity index (χ0n) is 15.9. The molecule has 3 aromatic carbocycles. The molecule has 29 heavy (non-hydrogen) atoms. The van der Waals surface area contributed by atoms with Crippen LogP contribution in [0.2, 0.25) is 5.02 Å². The van der Waals surface area contributed by atoms with E-state index in [1.54, 1.807) is 30.4 Å². The molecule has 0 aromatic heterocycles. The van der Waals surface area contributed by atoms with Crippen molar-refractivity contribution >= 4 is 29.5 Å². The van der Waals surface area contributed by atoms with Crippen molar-refractivity contribution in [3.05, 3.63) is 106 Å². The number of carbonyl (C=O) groups excluding carboxylic acids is 1. The number of rotatable bonds is 5. The van der Waals surface area contributed by atoms with Crippen molar-refractivity contribution in [3.63, 3.8) is 0 Å². The molecule has 4 heteroatoms. The number of Topliss-reactive ketones (excluding diaryl/α,β-unsaturated/α-hetero) is 1. The summed E-state index contributed by atoms with van der Waals surface area (Å²) < 4.78 is 11.8. The van der Waals surface area contributed by atoms with Gasteiger partial charge in [0.1, 0.15) is 18.1 Å². The molecule has 0 saturated carbocycles. The minimum atomic E-state index is -0.126. The Kier molecular flexibility index (Phi) is 5.24. The third kappa shape index (κ3) is 4.10. The molecule has 144 valence electrons. The van der Waals surface area contributed by atoms with Gasteiger partial charge in [-0.05, 0) is 53.5 Å². The van der Waals surface area contributed by atoms with Gasteiger partial charge in [0.15, 0.2) is 5.76 Å². The van der Waals surface area contributed by atoms with Crippen LogP contribution in [0.1, 0.15) is 32.6 Å². The van der Waals surface area contributed by atoms with Gasteiger partial charge in [0.25, 0.3) is 0 Å². The molecule has 0 saturated heterocycles. The smallest absolute Gasteiger partial charge is 0.232 e. The highest BCUT2D eigenvalue weighted by Crippen LogP contribution is 2.37. The molecule has 1 heterocycles. The topological polar surface area (TPSA) is 35.5 Å². The maximum Gasteiger partial charge on any atom is 0.232 e. The molecule has 0 fully saturated rings. The molecule has 1 aliphatic heterocycles. The van der Waals surface area contributed by atoms with Crippen molar-refractivity contribution in [2.75, 3.05) is 0 Å². The minimum Gasteiger partial charge on any atom is -0.489 e. The first-order chi connectivity index (χ1) is 14.0. The third-order valence-corrected chi connectivity index (χ3v) is 4.98. The fourth-order valence-electron chi connectivity index (χ4n) is 3.19. The van der Waals surface area contributed by atoms with Crippen molar-refractivity contribution in [2.24, 2.45) is 0 Å². The summed E-state index contributed by atoms with van der Waals surface area (Å²) >= 11 is 5.92. The van der Waals surface area contributed by atoms with E-state index in [1.165, 1.54) is 0 Å². The number of ether oxygens (including phenoxy) is 2. The summed E-state index contributed by atoms with van der Waals surface area (Å²) in [7, 11) is 0. The van der Waals surface area contributed by atoms with Gasteiger partial charge >= 0.3 is 0 Å². The molecule has 1 aliphatic rings. The molecule has 0 N–H and O–H groups in total. The summed E-state index contributed by atoms with van der Waals surface area (Å²) in [5.41, 5.74) is 4.36. The molecule has 0 atom stereocenters. The highest BCUT2D eigenvalue weighted by Gasteiger charge is 2.30. The Hall–Kier alpha value is -3.30. The molecular weight excluding hydrogens is 384 g/mol. The lowest BCUT2D eigenvalue weighted by atomic mass is 10.0. The normalized spacial score (nSPS) is 13.9. The molecule has 0 aliphatic carbocycles. The highest BCUT2D eigenvalue weighted by atomic mass is 35.5. The second-order valence-electron chi connectivity index (χ2n) is 6.84. The van der Waals surface area contributed by atoms with E-state index in [0.717, 1.165) is 22.3 Å². The Morgan fingerprint density at radius 3 is 2.41 bits per heavy atom. The predicted octanol–water partition coefficient (Wildman–Crippen LogP) is 6.49. The quantitative estimate of drug-likeness (QED) is 0.458. The standard InChI is InChI=1S/C25H19ClO3/c1-3-17-4-6-19(7-5-17)15-28-21-12-16(2)24-22(14-21)29-23(25(24)27)13-18-8-10-20(26)11-9-18/h3-14H,1,15H2,2H3/b23-13-. The number of aryl methyl sites for hydroxylation is 1. The molecule has 0 spiro atoms. The Balaban J connectivity index is 1.53. The summed E-state index contributed by atoms with van der Waals surface area (Å²) in [6.45, 7) is 6.07. The number of allylic oxidation sites excluding steroid dienone is 1. The first-order valence-electron chi connectivity index (χ1n) is 9.22. The summed E-state index contributed by atoms with van der Waals surface area (Å²) in [6.07, 6.45) is 3.53. The van der Waals surface area contributed by atoms with Crippen molar-refractivity contribution in [1.82, 2.24) is 0 Å². The van der Waals surface area contributed by atoms with E-state index < -0.39 is 0 Å². The number of halogens is 1. The zero-order chi connectivity index (χ0) is 20.4. The van der Waals surface area contributed by atoms with E-state index >= 15 is 0 Å². The number of hydrogen-bond donors (Lipinski definition) is 0. The van der Waals surface area contributed by atoms with Crippen molar-refractivity contribution in [1.29, 1.82) is 0 Å². The van der Waals surface area contributed by atoms with E-state index in [9.17, 15) is 4.79 Å². The van der Waals surface area contributed by atoms with Gasteiger partial charge in [-0.15, -0.1) is 0 Å². The first kappa shape index (κ1) is 19.0. The maximum absolute atomic E-state index is 12.8. The maximum atomic E-state index is 12.8. The molecule has 4 rings (SSSR count). The number of benzene rings is 3. The van der Waals surface area contributed by atoms with Crippen LogP contribution in [0, 0.1) is 6.92 Å². The first-order valence-corrected chi connectivity index (χ1v) is 9.60. The second-order valence-corrected chi connectivity index (χ2v) is 7.28. The van der Waals surface area contributed by atoms with Crippen LogP contribution in [-0.2, 0) is 6.61 Å². The van der Waals surface area contributed by atoms with Crippen LogP contribution >= 0.6 is 11.6 Å². The lowest BCUT2D eigenvalue weighted by Crippen LogP contribution is -2.00. The molecule has 0 amide bonds. The summed E-state index contributed by atoms with van der Waals surface area (Å²) in [5, 5.41) is 0.644. The average Bonchev–Trinajstić information content (AvgIpc) is 3.04. The van der Waals surface area contributed by atoms with Crippen LogP contribution in [0.15, 0.2) is 73.0 Å². The van der Waals surface area contributed by atoms with Gasteiger partial charge in [0, 0.05) is 11.1 Å². The molecule has 0 bridgehead atoms. The number of hydrogen-bond acceptors (Lipinski definition) is 3. The third-order valence-electron chi connectivity index (χ3n) is 4.73. The van der Waals surface area contributed by atoms with Crippen LogP contribution in [0.3, 0.4) is 0 Å². The van der Waals surface area contributed by atoms with Gasteiger partial charge in [0.05, 0.1) is 5.56 Å². The molecule has 0 radical (unpaired) electrons. The second kappa shape index (κ2) is 7.98. The van der Waals surface area contributed by atoms with E-state index in [0.29, 0.717) is 34.5 Å². The van der Waals surface area contributed by atoms with E-state index in [-0.39, 0.29) is 5.78 Å². The van der Waals surface area contributed by atoms with Gasteiger partial charge in [-0.3, -0.25) is 4.79 Å². The number of fused-ring (bicyclic) bond motifs is 1. The van der Waals surface area contributed by atoms with Crippen molar-refractivity contribution in [2.45, 2.75) is 13.5 Å². The number of carbonyl (C=O) groups is 1. The van der Waals surface area contributed by atoms with Gasteiger partial charge in [-0.2, -0.15) is 0 Å². The Morgan fingerprint density at radius 1 is 1.03 bits per heavy atom. The lowest BCUT2D eigenvalue weighted by molar-refractivity contribution is 0.101. The Morgan fingerprint density at radius 2 is 1.72 bits per heavy atom. The van der Waals surface area contributed by atoms with Gasteiger partial charge in [-0.25, -0.2) is 0 Å². The monoisotopic (exact) mass is 402 g/mol. The lowest BCUT2D eigenvalue weighted by Gasteiger charge is -2.09. The van der Waals surface area contributed by atoms with Crippen molar-refractivity contribution in [3.8, 4) is 11.5 Å². The SMILES string of the molecule is C=Cc1ccc(COc2cc(C)c3c(c2)O/C(=C\c2ccc(Cl)cc2)C3=O)cc1. The van der Waals surface area contributed by atoms with Crippen LogP contribution in [-0.4, -0.2) is 5.78 Å². The van der Waals surface area contributed by atoms with E-state index in [1.807, 2.05) is 49.4 Å². The number of ketones is 1. The fraction of sp³-hybridized carbons (Fsp3) is 0.0800. The van der Waals surface area contributed by atoms with E-state index in [4.69, 9.17) is 21.1 Å². The Bertz CT molecular complexity index is 1110. The van der Waals surface area contributed by atoms with Gasteiger partial charge in [-0.1, -0.05) is 60.7 Å². The predicted molar refractivity (Wildman–Crippen MR) is 116 cm³/mol. The molecular formula is C25H19ClO3. The van der Waals surface area contributed by atoms with Gasteiger partial charge in [0.2, 0.25) is 5.78 Å². The average molecular weight is 403 g/mol. The largest absolute Gasteiger partial charge is 0.489 e. The van der Waals surface area contributed by atoms with Crippen LogP contribution in [0.5, 0.6) is 11.5 Å². The van der Waals surface area contributed by atoms with Crippen LogP contribution in [0.4, 0.5) is 0 Å². The fourth-order valence-corrected chi connectivity index (χ4v) is 3.31. The summed E-state index contributed by atoms with van der Waals surface area (Å²) in [4.78, 5) is 12.8. The highest BCUT2D eigenvalue weighted by molar-refractivity contribution is 6.30. The van der Waals surface area contributed by atoms with E-state index in [2.05, 4.69) is 6.58 Å². The van der Waals surface area contributed by atoms with Crippen molar-refractivity contribution < 1.29 is 14.3 Å². The molecule has 3 nitrogen and oxygen atoms in total. The summed E-state index contributed by atoms with van der Waals surface area (Å²) in [6, 6.07) is 18.9. The molecule has 3 aromatic rings. The minimum absolute atomic E-state index is 0.126. The summed E-state index contributed by atoms with van der Waals surface area (Å²) in [5.74, 6) is 1.35. The zero-order valence-corrected chi connectivity index (χ0v) is 16.7. The Labute approximate surface area is 174 Å². The van der Waals surface area contributed by atoms with Crippen LogP contribution in [0.25, 0.3) is 12.2 Å². The molecule has 0 unspecified atom stereocenters.